The summed E-state index contributed by atoms with van der Waals surface area (Å²) in [5, 5.41) is 2.74. The quantitative estimate of drug-likeness (QED) is 0.663. The van der Waals surface area contributed by atoms with Gasteiger partial charge >= 0.3 is 0 Å². The second-order valence-electron chi connectivity index (χ2n) is 5.02. The summed E-state index contributed by atoms with van der Waals surface area (Å²) in [6.07, 6.45) is 2.04. The van der Waals surface area contributed by atoms with Crippen molar-refractivity contribution in [3.63, 3.8) is 0 Å². The van der Waals surface area contributed by atoms with E-state index in [9.17, 15) is 9.59 Å². The highest BCUT2D eigenvalue weighted by molar-refractivity contribution is 5.92. The van der Waals surface area contributed by atoms with E-state index in [1.807, 2.05) is 0 Å². The highest BCUT2D eigenvalue weighted by Gasteiger charge is 2.47. The molecule has 1 aliphatic heterocycles. The van der Waals surface area contributed by atoms with Crippen LogP contribution in [0.1, 0.15) is 26.7 Å². The van der Waals surface area contributed by atoms with Gasteiger partial charge in [-0.25, -0.2) is 0 Å². The van der Waals surface area contributed by atoms with Crippen molar-refractivity contribution in [1.29, 1.82) is 0 Å². The van der Waals surface area contributed by atoms with Gasteiger partial charge in [-0.05, 0) is 32.6 Å². The van der Waals surface area contributed by atoms with E-state index >= 15 is 0 Å². The van der Waals surface area contributed by atoms with Crippen molar-refractivity contribution in [2.45, 2.75) is 38.3 Å². The molecular formula is C11H19N3O2. The Morgan fingerprint density at radius 2 is 2.19 bits per heavy atom. The minimum Gasteiger partial charge on any atom is -0.353 e. The van der Waals surface area contributed by atoms with Crippen molar-refractivity contribution < 1.29 is 9.59 Å². The Labute approximate surface area is 95.3 Å². The summed E-state index contributed by atoms with van der Waals surface area (Å²) in [7, 11) is 0. The van der Waals surface area contributed by atoms with Gasteiger partial charge < -0.3 is 16.0 Å². The fraction of sp³-hybridized carbons (Fsp3) is 0.818. The first-order chi connectivity index (χ1) is 7.44. The summed E-state index contributed by atoms with van der Waals surface area (Å²) in [4.78, 5) is 25.4. The SMILES string of the molecule is CC1C(=O)NCCN1C(=O)C(C)(N)C1CC1. The second kappa shape index (κ2) is 3.73. The molecule has 2 unspecified atom stereocenters. The van der Waals surface area contributed by atoms with Crippen LogP contribution in [0.25, 0.3) is 0 Å². The largest absolute Gasteiger partial charge is 0.353 e. The van der Waals surface area contributed by atoms with Crippen LogP contribution < -0.4 is 11.1 Å². The number of hydrogen-bond acceptors (Lipinski definition) is 3. The van der Waals surface area contributed by atoms with E-state index in [1.54, 1.807) is 18.7 Å². The summed E-state index contributed by atoms with van der Waals surface area (Å²) in [6, 6.07) is -0.400. The molecule has 2 amide bonds. The van der Waals surface area contributed by atoms with Gasteiger partial charge in [0.2, 0.25) is 11.8 Å². The molecule has 2 rings (SSSR count). The number of carbonyl (C=O) groups excluding carboxylic acids is 2. The molecule has 5 heteroatoms. The Hall–Kier alpha value is -1.10. The van der Waals surface area contributed by atoms with Gasteiger partial charge in [-0.3, -0.25) is 9.59 Å². The molecule has 0 aromatic heterocycles. The Kier molecular flexibility index (Phi) is 2.66. The summed E-state index contributed by atoms with van der Waals surface area (Å²) in [6.45, 7) is 4.61. The number of carbonyl (C=O) groups is 2. The third-order valence-electron chi connectivity index (χ3n) is 3.65. The number of nitrogens with zero attached hydrogens (tertiary/aromatic N) is 1. The smallest absolute Gasteiger partial charge is 0.243 e. The summed E-state index contributed by atoms with van der Waals surface area (Å²) in [5.74, 6) is 0.112. The molecule has 3 N–H and O–H groups in total. The van der Waals surface area contributed by atoms with Crippen molar-refractivity contribution in [3.05, 3.63) is 0 Å². The molecule has 0 aromatic rings. The van der Waals surface area contributed by atoms with E-state index < -0.39 is 11.6 Å². The highest BCUT2D eigenvalue weighted by Crippen LogP contribution is 2.39. The van der Waals surface area contributed by atoms with Crippen molar-refractivity contribution in [3.8, 4) is 0 Å². The topological polar surface area (TPSA) is 75.4 Å². The van der Waals surface area contributed by atoms with Crippen LogP contribution in [0.3, 0.4) is 0 Å². The van der Waals surface area contributed by atoms with Crippen LogP contribution in [-0.4, -0.2) is 41.4 Å². The van der Waals surface area contributed by atoms with E-state index in [2.05, 4.69) is 5.32 Å². The van der Waals surface area contributed by atoms with Crippen molar-refractivity contribution in [2.75, 3.05) is 13.1 Å². The minimum absolute atomic E-state index is 0.0858. The Balaban J connectivity index is 2.11. The molecule has 1 aliphatic carbocycles. The lowest BCUT2D eigenvalue weighted by molar-refractivity contribution is -0.146. The lowest BCUT2D eigenvalue weighted by Gasteiger charge is -2.38. The number of nitrogens with one attached hydrogen (secondary N) is 1. The van der Waals surface area contributed by atoms with Crippen LogP contribution >= 0.6 is 0 Å². The zero-order valence-corrected chi connectivity index (χ0v) is 9.82. The number of nitrogens with two attached hydrogens (primary N) is 1. The minimum atomic E-state index is -0.800. The second-order valence-corrected chi connectivity index (χ2v) is 5.02. The summed E-state index contributed by atoms with van der Waals surface area (Å²) in [5.41, 5.74) is 5.28. The molecule has 0 spiro atoms. The fourth-order valence-corrected chi connectivity index (χ4v) is 2.23. The van der Waals surface area contributed by atoms with Crippen LogP contribution in [0.5, 0.6) is 0 Å². The Morgan fingerprint density at radius 1 is 1.56 bits per heavy atom. The van der Waals surface area contributed by atoms with E-state index in [4.69, 9.17) is 5.73 Å². The number of rotatable bonds is 2. The van der Waals surface area contributed by atoms with E-state index in [0.29, 0.717) is 13.1 Å². The average molecular weight is 225 g/mol. The molecule has 0 aromatic carbocycles. The van der Waals surface area contributed by atoms with E-state index in [0.717, 1.165) is 12.8 Å². The van der Waals surface area contributed by atoms with Gasteiger partial charge in [-0.2, -0.15) is 0 Å². The number of hydrogen-bond donors (Lipinski definition) is 2. The molecule has 5 nitrogen and oxygen atoms in total. The zero-order chi connectivity index (χ0) is 11.9. The molecular weight excluding hydrogens is 206 g/mol. The van der Waals surface area contributed by atoms with Gasteiger partial charge in [-0.1, -0.05) is 0 Å². The maximum Gasteiger partial charge on any atom is 0.243 e. The van der Waals surface area contributed by atoms with Crippen LogP contribution in [0.15, 0.2) is 0 Å². The first-order valence-electron chi connectivity index (χ1n) is 5.82. The first-order valence-corrected chi connectivity index (χ1v) is 5.82. The van der Waals surface area contributed by atoms with E-state index in [1.165, 1.54) is 0 Å². The Bertz CT molecular complexity index is 323. The molecule has 1 saturated carbocycles. The standard InChI is InChI=1S/C11H19N3O2/c1-7-9(15)13-5-6-14(7)10(16)11(2,12)8-3-4-8/h7-8H,3-6,12H2,1-2H3,(H,13,15). The number of piperazine rings is 1. The average Bonchev–Trinajstić information content (AvgIpc) is 3.04. The van der Waals surface area contributed by atoms with Gasteiger partial charge in [-0.15, -0.1) is 0 Å². The van der Waals surface area contributed by atoms with Crippen LogP contribution in [0.4, 0.5) is 0 Å². The molecule has 0 radical (unpaired) electrons. The van der Waals surface area contributed by atoms with Gasteiger partial charge in [0, 0.05) is 13.1 Å². The fourth-order valence-electron chi connectivity index (χ4n) is 2.23. The molecule has 0 bridgehead atoms. The predicted octanol–water partition coefficient (Wildman–Crippen LogP) is -0.539. The van der Waals surface area contributed by atoms with E-state index in [-0.39, 0.29) is 17.7 Å². The monoisotopic (exact) mass is 225 g/mol. The molecule has 1 saturated heterocycles. The van der Waals surface area contributed by atoms with Gasteiger partial charge in [0.05, 0.1) is 5.54 Å². The van der Waals surface area contributed by atoms with Crippen LogP contribution in [0.2, 0.25) is 0 Å². The third kappa shape index (κ3) is 1.80. The van der Waals surface area contributed by atoms with Gasteiger partial charge in [0.25, 0.3) is 0 Å². The number of amides is 2. The lowest BCUT2D eigenvalue weighted by Crippen LogP contribution is -2.63. The highest BCUT2D eigenvalue weighted by atomic mass is 16.2. The first kappa shape index (κ1) is 11.4. The molecule has 1 heterocycles. The predicted molar refractivity (Wildman–Crippen MR) is 59.5 cm³/mol. The molecule has 16 heavy (non-hydrogen) atoms. The third-order valence-corrected chi connectivity index (χ3v) is 3.65. The van der Waals surface area contributed by atoms with Crippen molar-refractivity contribution in [1.82, 2.24) is 10.2 Å². The zero-order valence-electron chi connectivity index (χ0n) is 9.82. The normalized spacial score (nSPS) is 29.6. The lowest BCUT2D eigenvalue weighted by atomic mass is 9.94. The van der Waals surface area contributed by atoms with Crippen LogP contribution in [0, 0.1) is 5.92 Å². The summed E-state index contributed by atoms with van der Waals surface area (Å²) >= 11 is 0. The molecule has 2 fully saturated rings. The van der Waals surface area contributed by atoms with Gasteiger partial charge in [0.1, 0.15) is 6.04 Å². The van der Waals surface area contributed by atoms with Crippen molar-refractivity contribution >= 4 is 11.8 Å². The molecule has 2 atom stereocenters. The molecule has 90 valence electrons. The van der Waals surface area contributed by atoms with Gasteiger partial charge in [0.15, 0.2) is 0 Å². The Morgan fingerprint density at radius 3 is 2.75 bits per heavy atom. The molecule has 2 aliphatic rings. The maximum atomic E-state index is 12.3. The van der Waals surface area contributed by atoms with Crippen molar-refractivity contribution in [2.24, 2.45) is 11.7 Å². The maximum absolute atomic E-state index is 12.3. The van der Waals surface area contributed by atoms with Crippen LogP contribution in [-0.2, 0) is 9.59 Å². The summed E-state index contributed by atoms with van der Waals surface area (Å²) < 4.78 is 0.